The van der Waals surface area contributed by atoms with Crippen molar-refractivity contribution in [1.82, 2.24) is 9.55 Å². The average molecular weight is 351 g/mol. The second-order valence-corrected chi connectivity index (χ2v) is 6.13. The minimum absolute atomic E-state index is 0.166. The fourth-order valence-corrected chi connectivity index (χ4v) is 2.92. The molecule has 0 bridgehead atoms. The monoisotopic (exact) mass is 350 g/mol. The molecular weight excluding hydrogens is 336 g/mol. The normalized spacial score (nSPS) is 14.2. The van der Waals surface area contributed by atoms with Gasteiger partial charge in [-0.2, -0.15) is 0 Å². The molecule has 0 radical (unpaired) electrons. The molecule has 1 aromatic heterocycles. The van der Waals surface area contributed by atoms with E-state index in [1.54, 1.807) is 12.3 Å². The minimum Gasteiger partial charge on any atom is -0.486 e. The number of ether oxygens (including phenoxy) is 1. The summed E-state index contributed by atoms with van der Waals surface area (Å²) in [5.74, 6) is -0.584. The van der Waals surface area contributed by atoms with Crippen molar-refractivity contribution < 1.29 is 14.6 Å². The quantitative estimate of drug-likeness (QED) is 0.895. The number of benzene rings is 1. The number of carbonyl (C=O) groups is 1. The zero-order chi connectivity index (χ0) is 15.0. The molecular formula is C15H15BrN2O3. The maximum Gasteiger partial charge on any atom is 0.339 e. The van der Waals surface area contributed by atoms with Gasteiger partial charge in [0, 0.05) is 10.5 Å². The van der Waals surface area contributed by atoms with Crippen molar-refractivity contribution in [2.45, 2.75) is 32.4 Å². The van der Waals surface area contributed by atoms with E-state index in [2.05, 4.69) is 25.5 Å². The SMILES string of the molecule is Cc1cc(Br)cc(C(=O)O)c1OCc1cncn1C1CC1. The number of aromatic carboxylic acids is 1. The van der Waals surface area contributed by atoms with Crippen molar-refractivity contribution >= 4 is 21.9 Å². The van der Waals surface area contributed by atoms with Crippen molar-refractivity contribution in [3.05, 3.63) is 46.0 Å². The van der Waals surface area contributed by atoms with E-state index in [0.29, 0.717) is 18.4 Å². The zero-order valence-electron chi connectivity index (χ0n) is 11.5. The molecule has 0 saturated heterocycles. The number of hydrogen-bond donors (Lipinski definition) is 1. The Morgan fingerprint density at radius 1 is 1.52 bits per heavy atom. The van der Waals surface area contributed by atoms with Crippen LogP contribution in [0.1, 0.15) is 40.5 Å². The Balaban J connectivity index is 1.84. The van der Waals surface area contributed by atoms with Crippen molar-refractivity contribution in [2.24, 2.45) is 0 Å². The van der Waals surface area contributed by atoms with Gasteiger partial charge < -0.3 is 14.4 Å². The molecule has 0 unspecified atom stereocenters. The van der Waals surface area contributed by atoms with Crippen LogP contribution in [0.5, 0.6) is 5.75 Å². The summed E-state index contributed by atoms with van der Waals surface area (Å²) in [4.78, 5) is 15.5. The number of aromatic nitrogens is 2. The van der Waals surface area contributed by atoms with Crippen LogP contribution in [0.25, 0.3) is 0 Å². The van der Waals surface area contributed by atoms with Gasteiger partial charge in [0.05, 0.1) is 18.2 Å². The lowest BCUT2D eigenvalue weighted by Crippen LogP contribution is -2.08. The number of carboxylic acid groups (broad SMARTS) is 1. The molecule has 0 atom stereocenters. The molecule has 5 nitrogen and oxygen atoms in total. The number of imidazole rings is 1. The maximum atomic E-state index is 11.4. The van der Waals surface area contributed by atoms with Gasteiger partial charge in [-0.15, -0.1) is 0 Å². The summed E-state index contributed by atoms with van der Waals surface area (Å²) in [6.07, 6.45) is 5.91. The van der Waals surface area contributed by atoms with Crippen molar-refractivity contribution in [3.8, 4) is 5.75 Å². The first kappa shape index (κ1) is 14.1. The molecule has 110 valence electrons. The van der Waals surface area contributed by atoms with Crippen LogP contribution in [0.15, 0.2) is 29.1 Å². The van der Waals surface area contributed by atoms with E-state index in [1.807, 2.05) is 19.3 Å². The van der Waals surface area contributed by atoms with Crippen molar-refractivity contribution in [3.63, 3.8) is 0 Å². The number of nitrogens with zero attached hydrogens (tertiary/aromatic N) is 2. The summed E-state index contributed by atoms with van der Waals surface area (Å²) in [6, 6.07) is 3.93. The highest BCUT2D eigenvalue weighted by atomic mass is 79.9. The lowest BCUT2D eigenvalue weighted by atomic mass is 10.1. The molecule has 1 aliphatic rings. The molecule has 6 heteroatoms. The van der Waals surface area contributed by atoms with Gasteiger partial charge in [-0.1, -0.05) is 15.9 Å². The van der Waals surface area contributed by atoms with Crippen LogP contribution in [0, 0.1) is 6.92 Å². The molecule has 2 aromatic rings. The Bertz CT molecular complexity index is 692. The molecule has 1 aliphatic carbocycles. The topological polar surface area (TPSA) is 64.3 Å². The van der Waals surface area contributed by atoms with Crippen LogP contribution in [-0.2, 0) is 6.61 Å². The maximum absolute atomic E-state index is 11.4. The summed E-state index contributed by atoms with van der Waals surface area (Å²) >= 11 is 3.31. The average Bonchev–Trinajstić information content (AvgIpc) is 3.16. The molecule has 21 heavy (non-hydrogen) atoms. The number of halogens is 1. The van der Waals surface area contributed by atoms with Crippen molar-refractivity contribution in [2.75, 3.05) is 0 Å². The van der Waals surface area contributed by atoms with Gasteiger partial charge in [0.25, 0.3) is 0 Å². The van der Waals surface area contributed by atoms with Gasteiger partial charge in [0.2, 0.25) is 0 Å². The highest BCUT2D eigenvalue weighted by molar-refractivity contribution is 9.10. The first-order chi connectivity index (χ1) is 10.1. The highest BCUT2D eigenvalue weighted by Crippen LogP contribution is 2.36. The first-order valence-corrected chi connectivity index (χ1v) is 7.52. The van der Waals surface area contributed by atoms with Crippen LogP contribution in [0.4, 0.5) is 0 Å². The second-order valence-electron chi connectivity index (χ2n) is 5.22. The van der Waals surface area contributed by atoms with E-state index in [1.165, 1.54) is 12.8 Å². The summed E-state index contributed by atoms with van der Waals surface area (Å²) < 4.78 is 8.62. The summed E-state index contributed by atoms with van der Waals surface area (Å²) in [7, 11) is 0. The number of rotatable bonds is 5. The third-order valence-electron chi connectivity index (χ3n) is 3.52. The molecule has 0 amide bonds. The predicted octanol–water partition coefficient (Wildman–Crippen LogP) is 3.57. The summed E-state index contributed by atoms with van der Waals surface area (Å²) in [5, 5.41) is 9.31. The lowest BCUT2D eigenvalue weighted by Gasteiger charge is -2.13. The van der Waals surface area contributed by atoms with E-state index < -0.39 is 5.97 Å². The third-order valence-corrected chi connectivity index (χ3v) is 3.98. The Hall–Kier alpha value is -1.82. The van der Waals surface area contributed by atoms with Crippen LogP contribution >= 0.6 is 15.9 Å². The molecule has 1 saturated carbocycles. The Kier molecular flexibility index (Phi) is 3.71. The van der Waals surface area contributed by atoms with E-state index in [9.17, 15) is 9.90 Å². The summed E-state index contributed by atoms with van der Waals surface area (Å²) in [6.45, 7) is 2.16. The standard InChI is InChI=1S/C15H15BrN2O3/c1-9-4-10(16)5-13(15(19)20)14(9)21-7-12-6-17-8-18(12)11-2-3-11/h4-6,8,11H,2-3,7H2,1H3,(H,19,20). The highest BCUT2D eigenvalue weighted by Gasteiger charge is 2.25. The largest absolute Gasteiger partial charge is 0.486 e. The molecule has 0 spiro atoms. The molecule has 1 heterocycles. The van der Waals surface area contributed by atoms with Gasteiger partial charge in [-0.25, -0.2) is 9.78 Å². The van der Waals surface area contributed by atoms with Crippen molar-refractivity contribution in [1.29, 1.82) is 0 Å². The second kappa shape index (κ2) is 5.52. The van der Waals surface area contributed by atoms with Gasteiger partial charge in [0.1, 0.15) is 17.9 Å². The third kappa shape index (κ3) is 2.95. The molecule has 0 aliphatic heterocycles. The van der Waals surface area contributed by atoms with E-state index in [0.717, 1.165) is 15.7 Å². The van der Waals surface area contributed by atoms with Crippen LogP contribution in [-0.4, -0.2) is 20.6 Å². The predicted molar refractivity (Wildman–Crippen MR) is 80.7 cm³/mol. The fourth-order valence-electron chi connectivity index (χ4n) is 2.35. The zero-order valence-corrected chi connectivity index (χ0v) is 13.1. The van der Waals surface area contributed by atoms with E-state index >= 15 is 0 Å². The Morgan fingerprint density at radius 2 is 2.29 bits per heavy atom. The lowest BCUT2D eigenvalue weighted by molar-refractivity contribution is 0.0691. The molecule has 1 fully saturated rings. The summed E-state index contributed by atoms with van der Waals surface area (Å²) in [5.41, 5.74) is 1.93. The van der Waals surface area contributed by atoms with E-state index in [-0.39, 0.29) is 5.56 Å². The Morgan fingerprint density at radius 3 is 2.95 bits per heavy atom. The van der Waals surface area contributed by atoms with Crippen LogP contribution in [0.2, 0.25) is 0 Å². The van der Waals surface area contributed by atoms with Gasteiger partial charge in [-0.05, 0) is 37.5 Å². The van der Waals surface area contributed by atoms with Crippen LogP contribution < -0.4 is 4.74 Å². The van der Waals surface area contributed by atoms with E-state index in [4.69, 9.17) is 4.74 Å². The Labute approximate surface area is 130 Å². The fraction of sp³-hybridized carbons (Fsp3) is 0.333. The van der Waals surface area contributed by atoms with Gasteiger partial charge >= 0.3 is 5.97 Å². The van der Waals surface area contributed by atoms with Crippen LogP contribution in [0.3, 0.4) is 0 Å². The van der Waals surface area contributed by atoms with Gasteiger partial charge in [0.15, 0.2) is 0 Å². The smallest absolute Gasteiger partial charge is 0.339 e. The number of hydrogen-bond acceptors (Lipinski definition) is 3. The number of aryl methyl sites for hydroxylation is 1. The first-order valence-electron chi connectivity index (χ1n) is 6.73. The molecule has 1 N–H and O–H groups in total. The molecule has 1 aromatic carbocycles. The number of carboxylic acids is 1. The molecule has 3 rings (SSSR count). The van der Waals surface area contributed by atoms with Gasteiger partial charge in [-0.3, -0.25) is 0 Å². The minimum atomic E-state index is -0.995.